The van der Waals surface area contributed by atoms with Gasteiger partial charge in [-0.1, -0.05) is 70.6 Å². The number of hydrogen-bond acceptors (Lipinski definition) is 4. The summed E-state index contributed by atoms with van der Waals surface area (Å²) in [7, 11) is 0. The number of ketones is 2. The van der Waals surface area contributed by atoms with Gasteiger partial charge in [0, 0.05) is 6.42 Å². The lowest BCUT2D eigenvalue weighted by atomic mass is 9.83. The first kappa shape index (κ1) is 18.6. The van der Waals surface area contributed by atoms with Crippen molar-refractivity contribution in [3.05, 3.63) is 0 Å². The normalized spacial score (nSPS) is 29.0. The van der Waals surface area contributed by atoms with Crippen LogP contribution in [0.25, 0.3) is 0 Å². The average molecular weight is 348 g/mol. The van der Waals surface area contributed by atoms with Crippen LogP contribution < -0.4 is 0 Å². The van der Waals surface area contributed by atoms with E-state index in [0.717, 1.165) is 31.6 Å². The van der Waals surface area contributed by atoms with E-state index in [1.54, 1.807) is 0 Å². The van der Waals surface area contributed by atoms with Crippen LogP contribution in [0.3, 0.4) is 0 Å². The highest BCUT2D eigenvalue weighted by molar-refractivity contribution is 6.21. The van der Waals surface area contributed by atoms with E-state index >= 15 is 0 Å². The molecule has 4 nitrogen and oxygen atoms in total. The number of ether oxygens (including phenoxy) is 1. The standard InChI is InChI=1S/C21H32O4/c22-17(13-7-12-15-8-3-1-4-9-15)19-20(23)18(25-21(19)24)14-16-10-5-2-6-11-16/h15-16,18-19H,1-14H2. The molecule has 0 bridgehead atoms. The molecule has 4 heteroatoms. The molecule has 3 fully saturated rings. The summed E-state index contributed by atoms with van der Waals surface area (Å²) < 4.78 is 5.30. The van der Waals surface area contributed by atoms with Gasteiger partial charge in [-0.15, -0.1) is 0 Å². The predicted molar refractivity (Wildman–Crippen MR) is 95.0 cm³/mol. The maximum atomic E-state index is 12.5. The molecule has 0 spiro atoms. The van der Waals surface area contributed by atoms with Crippen LogP contribution in [0.1, 0.15) is 89.9 Å². The Hall–Kier alpha value is -1.19. The Morgan fingerprint density at radius 2 is 1.48 bits per heavy atom. The van der Waals surface area contributed by atoms with E-state index in [2.05, 4.69) is 0 Å². The van der Waals surface area contributed by atoms with Gasteiger partial charge in [0.25, 0.3) is 0 Å². The SMILES string of the molecule is O=C(CCCC1CCCCC1)C1C(=O)OC(CC2CCCCC2)C1=O. The molecule has 0 N–H and O–H groups in total. The fourth-order valence-corrected chi connectivity index (χ4v) is 4.93. The molecule has 1 saturated heterocycles. The molecular formula is C21H32O4. The van der Waals surface area contributed by atoms with Crippen LogP contribution in [-0.4, -0.2) is 23.6 Å². The van der Waals surface area contributed by atoms with E-state index in [4.69, 9.17) is 4.74 Å². The van der Waals surface area contributed by atoms with Crippen molar-refractivity contribution in [1.82, 2.24) is 0 Å². The fourth-order valence-electron chi connectivity index (χ4n) is 4.93. The molecule has 1 aliphatic heterocycles. The van der Waals surface area contributed by atoms with Crippen molar-refractivity contribution in [2.75, 3.05) is 0 Å². The van der Waals surface area contributed by atoms with Crippen molar-refractivity contribution in [1.29, 1.82) is 0 Å². The van der Waals surface area contributed by atoms with Gasteiger partial charge >= 0.3 is 5.97 Å². The lowest BCUT2D eigenvalue weighted by molar-refractivity contribution is -0.147. The molecule has 0 aromatic carbocycles. The third kappa shape index (κ3) is 4.92. The van der Waals surface area contributed by atoms with Crippen molar-refractivity contribution in [2.24, 2.45) is 17.8 Å². The minimum absolute atomic E-state index is 0.211. The van der Waals surface area contributed by atoms with E-state index in [1.807, 2.05) is 0 Å². The fraction of sp³-hybridized carbons (Fsp3) is 0.857. The van der Waals surface area contributed by atoms with Crippen LogP contribution in [0.4, 0.5) is 0 Å². The van der Waals surface area contributed by atoms with Crippen LogP contribution >= 0.6 is 0 Å². The second-order valence-corrected chi connectivity index (χ2v) is 8.36. The van der Waals surface area contributed by atoms with Crippen molar-refractivity contribution >= 4 is 17.5 Å². The highest BCUT2D eigenvalue weighted by atomic mass is 16.6. The Bertz CT molecular complexity index is 486. The highest BCUT2D eigenvalue weighted by Gasteiger charge is 2.47. The summed E-state index contributed by atoms with van der Waals surface area (Å²) in [5.41, 5.74) is 0. The molecule has 1 heterocycles. The van der Waals surface area contributed by atoms with Crippen LogP contribution in [0.5, 0.6) is 0 Å². The predicted octanol–water partition coefficient (Wildman–Crippen LogP) is 4.39. The van der Waals surface area contributed by atoms with Gasteiger partial charge in [0.05, 0.1) is 0 Å². The van der Waals surface area contributed by atoms with Crippen molar-refractivity contribution in [2.45, 2.75) is 96.0 Å². The second kappa shape index (κ2) is 8.95. The molecule has 3 aliphatic rings. The van der Waals surface area contributed by atoms with Gasteiger partial charge in [0.15, 0.2) is 23.6 Å². The Labute approximate surface area is 151 Å². The smallest absolute Gasteiger partial charge is 0.325 e. The molecule has 2 unspecified atom stereocenters. The molecule has 3 rings (SSSR count). The zero-order valence-corrected chi connectivity index (χ0v) is 15.3. The summed E-state index contributed by atoms with van der Waals surface area (Å²) >= 11 is 0. The van der Waals surface area contributed by atoms with Gasteiger partial charge < -0.3 is 4.74 Å². The summed E-state index contributed by atoms with van der Waals surface area (Å²) in [5, 5.41) is 0. The van der Waals surface area contributed by atoms with Gasteiger partial charge in [-0.3, -0.25) is 14.4 Å². The van der Waals surface area contributed by atoms with Gasteiger partial charge in [0.1, 0.15) is 0 Å². The molecule has 2 saturated carbocycles. The first-order valence-electron chi connectivity index (χ1n) is 10.4. The number of hydrogen-bond donors (Lipinski definition) is 0. The van der Waals surface area contributed by atoms with Crippen LogP contribution in [-0.2, 0) is 19.1 Å². The molecule has 2 atom stereocenters. The third-order valence-electron chi connectivity index (χ3n) is 6.45. The summed E-state index contributed by atoms with van der Waals surface area (Å²) in [6.45, 7) is 0. The maximum Gasteiger partial charge on any atom is 0.325 e. The molecule has 25 heavy (non-hydrogen) atoms. The Kier molecular flexibility index (Phi) is 6.66. The molecule has 0 amide bonds. The monoisotopic (exact) mass is 348 g/mol. The maximum absolute atomic E-state index is 12.5. The number of cyclic esters (lactones) is 1. The Morgan fingerprint density at radius 1 is 0.880 bits per heavy atom. The molecule has 0 aromatic heterocycles. The van der Waals surface area contributed by atoms with E-state index < -0.39 is 18.0 Å². The summed E-state index contributed by atoms with van der Waals surface area (Å²) in [6.07, 6.45) is 14.5. The van der Waals surface area contributed by atoms with E-state index in [9.17, 15) is 14.4 Å². The second-order valence-electron chi connectivity index (χ2n) is 8.36. The highest BCUT2D eigenvalue weighted by Crippen LogP contribution is 2.32. The van der Waals surface area contributed by atoms with Gasteiger partial charge in [0.2, 0.25) is 0 Å². The number of rotatable bonds is 7. The van der Waals surface area contributed by atoms with E-state index in [1.165, 1.54) is 51.4 Å². The minimum Gasteiger partial charge on any atom is -0.453 e. The molecule has 2 aliphatic carbocycles. The molecule has 140 valence electrons. The van der Waals surface area contributed by atoms with Gasteiger partial charge in [-0.25, -0.2) is 0 Å². The van der Waals surface area contributed by atoms with Crippen LogP contribution in [0, 0.1) is 17.8 Å². The largest absolute Gasteiger partial charge is 0.453 e. The zero-order valence-electron chi connectivity index (χ0n) is 15.3. The average Bonchev–Trinajstić information content (AvgIpc) is 2.90. The van der Waals surface area contributed by atoms with Gasteiger partial charge in [-0.05, 0) is 24.7 Å². The number of Topliss-reactive ketones (excluding diaryl/α,β-unsaturated/α-hetero) is 2. The summed E-state index contributed by atoms with van der Waals surface area (Å²) in [6, 6.07) is 0. The summed E-state index contributed by atoms with van der Waals surface area (Å²) in [5.74, 6) is -0.994. The van der Waals surface area contributed by atoms with Crippen LogP contribution in [0.15, 0.2) is 0 Å². The first-order chi connectivity index (χ1) is 12.1. The number of esters is 1. The minimum atomic E-state index is -1.13. The number of carbonyl (C=O) groups excluding carboxylic acids is 3. The summed E-state index contributed by atoms with van der Waals surface area (Å²) in [4.78, 5) is 37.0. The van der Waals surface area contributed by atoms with Crippen molar-refractivity contribution in [3.63, 3.8) is 0 Å². The molecule has 0 radical (unpaired) electrons. The Morgan fingerprint density at radius 3 is 2.12 bits per heavy atom. The van der Waals surface area contributed by atoms with E-state index in [-0.39, 0.29) is 11.6 Å². The zero-order chi connectivity index (χ0) is 17.6. The quantitative estimate of drug-likeness (QED) is 0.506. The molecule has 0 aromatic rings. The van der Waals surface area contributed by atoms with Gasteiger partial charge in [-0.2, -0.15) is 0 Å². The first-order valence-corrected chi connectivity index (χ1v) is 10.4. The topological polar surface area (TPSA) is 60.4 Å². The van der Waals surface area contributed by atoms with Crippen molar-refractivity contribution < 1.29 is 19.1 Å². The van der Waals surface area contributed by atoms with Crippen LogP contribution in [0.2, 0.25) is 0 Å². The van der Waals surface area contributed by atoms with Crippen molar-refractivity contribution in [3.8, 4) is 0 Å². The number of carbonyl (C=O) groups is 3. The lowest BCUT2D eigenvalue weighted by Gasteiger charge is -2.23. The third-order valence-corrected chi connectivity index (χ3v) is 6.45. The Balaban J connectivity index is 1.44. The van der Waals surface area contributed by atoms with E-state index in [0.29, 0.717) is 18.8 Å². The molecular weight excluding hydrogens is 316 g/mol. The lowest BCUT2D eigenvalue weighted by Crippen LogP contribution is -2.29.